The van der Waals surface area contributed by atoms with Crippen LogP contribution in [0.4, 0.5) is 0 Å². The van der Waals surface area contributed by atoms with Gasteiger partial charge in [-0.05, 0) is 37.7 Å². The van der Waals surface area contributed by atoms with E-state index in [4.69, 9.17) is 5.73 Å². The van der Waals surface area contributed by atoms with E-state index in [-0.39, 0.29) is 12.1 Å². The molecule has 0 saturated carbocycles. The molecule has 0 bridgehead atoms. The second kappa shape index (κ2) is 5.47. The predicted octanol–water partition coefficient (Wildman–Crippen LogP) is 1.59. The topological polar surface area (TPSA) is 51.3 Å². The molecule has 0 aliphatic carbocycles. The van der Waals surface area contributed by atoms with Crippen LogP contribution in [-0.4, -0.2) is 23.1 Å². The fraction of sp³-hybridized carbons (Fsp3) is 0.353. The van der Waals surface area contributed by atoms with E-state index in [1.165, 1.54) is 11.1 Å². The molecule has 4 heteroatoms. The molecule has 0 radical (unpaired) electrons. The minimum absolute atomic E-state index is 0.0182. The number of hydrogen-bond acceptors (Lipinski definition) is 3. The van der Waals surface area contributed by atoms with E-state index < -0.39 is 0 Å². The van der Waals surface area contributed by atoms with Crippen molar-refractivity contribution in [3.05, 3.63) is 63.1 Å². The van der Waals surface area contributed by atoms with E-state index in [0.717, 1.165) is 30.9 Å². The summed E-state index contributed by atoms with van der Waals surface area (Å²) in [6.07, 6.45) is 0.889. The molecule has 4 nitrogen and oxygen atoms in total. The number of pyridine rings is 1. The summed E-state index contributed by atoms with van der Waals surface area (Å²) in [5.74, 6) is 0. The smallest absolute Gasteiger partial charge is 0.259 e. The number of nitrogens with zero attached hydrogens (tertiary/aromatic N) is 2. The molecule has 1 aliphatic heterocycles. The maximum absolute atomic E-state index is 12.7. The van der Waals surface area contributed by atoms with E-state index >= 15 is 0 Å². The third-order valence-corrected chi connectivity index (χ3v) is 4.15. The average molecular weight is 283 g/mol. The first-order valence-electron chi connectivity index (χ1n) is 7.32. The molecule has 3 rings (SSSR count). The Morgan fingerprint density at radius 1 is 1.24 bits per heavy atom. The van der Waals surface area contributed by atoms with E-state index in [0.29, 0.717) is 5.56 Å². The number of fused-ring (bicyclic) bond motifs is 1. The first-order chi connectivity index (χ1) is 10.1. The Hall–Kier alpha value is -1.91. The number of aromatic nitrogens is 1. The lowest BCUT2D eigenvalue weighted by atomic mass is 10.0. The van der Waals surface area contributed by atoms with Gasteiger partial charge >= 0.3 is 0 Å². The molecule has 21 heavy (non-hydrogen) atoms. The first-order valence-corrected chi connectivity index (χ1v) is 7.32. The number of nitrogens with two attached hydrogens (primary N) is 1. The fourth-order valence-corrected chi connectivity index (χ4v) is 2.95. The lowest BCUT2D eigenvalue weighted by Gasteiger charge is -2.28. The Balaban J connectivity index is 2.25. The molecular weight excluding hydrogens is 262 g/mol. The molecule has 0 amide bonds. The third kappa shape index (κ3) is 2.52. The van der Waals surface area contributed by atoms with Gasteiger partial charge < -0.3 is 10.6 Å². The highest BCUT2D eigenvalue weighted by Gasteiger charge is 2.20. The molecule has 0 atom stereocenters. The van der Waals surface area contributed by atoms with Crippen LogP contribution in [0.15, 0.2) is 35.1 Å². The lowest BCUT2D eigenvalue weighted by molar-refractivity contribution is 0.307. The van der Waals surface area contributed by atoms with Gasteiger partial charge in [-0.3, -0.25) is 9.36 Å². The standard InChI is InChI=1S/C17H21N3O/c1-12-3-5-15(6-4-12)20-16-7-8-19(2)11-14(16)9-13(10-18)17(20)21/h3-6,9H,7-8,10-11,18H2,1-2H3. The van der Waals surface area contributed by atoms with Crippen LogP contribution >= 0.6 is 0 Å². The van der Waals surface area contributed by atoms with Gasteiger partial charge in [-0.1, -0.05) is 17.7 Å². The van der Waals surface area contributed by atoms with Gasteiger partial charge in [-0.25, -0.2) is 0 Å². The van der Waals surface area contributed by atoms with Gasteiger partial charge in [-0.2, -0.15) is 0 Å². The number of likely N-dealkylation sites (N-methyl/N-ethyl adjacent to an activating group) is 1. The fourth-order valence-electron chi connectivity index (χ4n) is 2.95. The Morgan fingerprint density at radius 2 is 1.95 bits per heavy atom. The van der Waals surface area contributed by atoms with Gasteiger partial charge in [0.25, 0.3) is 5.56 Å². The average Bonchev–Trinajstić information content (AvgIpc) is 2.48. The van der Waals surface area contributed by atoms with Crippen LogP contribution in [0.5, 0.6) is 0 Å². The van der Waals surface area contributed by atoms with Crippen LogP contribution in [-0.2, 0) is 19.5 Å². The molecule has 0 saturated heterocycles. The highest BCUT2D eigenvalue weighted by Crippen LogP contribution is 2.21. The zero-order chi connectivity index (χ0) is 15.0. The van der Waals surface area contributed by atoms with Gasteiger partial charge in [0.05, 0.1) is 0 Å². The summed E-state index contributed by atoms with van der Waals surface area (Å²) < 4.78 is 1.85. The van der Waals surface area contributed by atoms with Crippen molar-refractivity contribution in [2.24, 2.45) is 5.73 Å². The molecule has 0 unspecified atom stereocenters. The predicted molar refractivity (Wildman–Crippen MR) is 84.7 cm³/mol. The summed E-state index contributed by atoms with van der Waals surface area (Å²) in [7, 11) is 2.10. The molecule has 1 aromatic carbocycles. The van der Waals surface area contributed by atoms with Crippen molar-refractivity contribution in [3.8, 4) is 5.69 Å². The quantitative estimate of drug-likeness (QED) is 0.910. The van der Waals surface area contributed by atoms with Crippen molar-refractivity contribution in [3.63, 3.8) is 0 Å². The van der Waals surface area contributed by atoms with Gasteiger partial charge in [0, 0.05) is 43.0 Å². The summed E-state index contributed by atoms with van der Waals surface area (Å²) in [5.41, 5.74) is 10.9. The molecule has 110 valence electrons. The van der Waals surface area contributed by atoms with E-state index in [1.807, 2.05) is 41.8 Å². The minimum atomic E-state index is 0.0182. The second-order valence-corrected chi connectivity index (χ2v) is 5.81. The zero-order valence-corrected chi connectivity index (χ0v) is 12.6. The monoisotopic (exact) mass is 283 g/mol. The molecular formula is C17H21N3O. The van der Waals surface area contributed by atoms with Crippen molar-refractivity contribution in [2.75, 3.05) is 13.6 Å². The normalized spacial score (nSPS) is 15.0. The Morgan fingerprint density at radius 3 is 2.62 bits per heavy atom. The van der Waals surface area contributed by atoms with E-state index in [9.17, 15) is 4.79 Å². The van der Waals surface area contributed by atoms with Crippen molar-refractivity contribution in [1.82, 2.24) is 9.47 Å². The van der Waals surface area contributed by atoms with Crippen LogP contribution in [0.25, 0.3) is 5.69 Å². The van der Waals surface area contributed by atoms with Crippen molar-refractivity contribution < 1.29 is 0 Å². The first kappa shape index (κ1) is 14.0. The van der Waals surface area contributed by atoms with Crippen LogP contribution in [0.2, 0.25) is 0 Å². The number of rotatable bonds is 2. The van der Waals surface area contributed by atoms with Crippen molar-refractivity contribution >= 4 is 0 Å². The number of hydrogen-bond donors (Lipinski definition) is 1. The van der Waals surface area contributed by atoms with Gasteiger partial charge in [0.15, 0.2) is 0 Å². The molecule has 2 aromatic rings. The van der Waals surface area contributed by atoms with Crippen LogP contribution in [0.3, 0.4) is 0 Å². The van der Waals surface area contributed by atoms with Gasteiger partial charge in [0.2, 0.25) is 0 Å². The summed E-state index contributed by atoms with van der Waals surface area (Å²) >= 11 is 0. The maximum atomic E-state index is 12.7. The van der Waals surface area contributed by atoms with Crippen molar-refractivity contribution in [1.29, 1.82) is 0 Å². The van der Waals surface area contributed by atoms with Gasteiger partial charge in [0.1, 0.15) is 0 Å². The Labute approximate surface area is 124 Å². The highest BCUT2D eigenvalue weighted by molar-refractivity contribution is 5.41. The molecule has 0 spiro atoms. The Bertz CT molecular complexity index is 716. The zero-order valence-electron chi connectivity index (χ0n) is 12.6. The molecule has 1 aromatic heterocycles. The molecule has 1 aliphatic rings. The van der Waals surface area contributed by atoms with E-state index in [2.05, 4.69) is 11.9 Å². The van der Waals surface area contributed by atoms with Crippen molar-refractivity contribution in [2.45, 2.75) is 26.4 Å². The third-order valence-electron chi connectivity index (χ3n) is 4.15. The largest absolute Gasteiger partial charge is 0.326 e. The second-order valence-electron chi connectivity index (χ2n) is 5.81. The molecule has 0 fully saturated rings. The minimum Gasteiger partial charge on any atom is -0.326 e. The van der Waals surface area contributed by atoms with Crippen LogP contribution in [0.1, 0.15) is 22.4 Å². The molecule has 2 N–H and O–H groups in total. The summed E-state index contributed by atoms with van der Waals surface area (Å²) in [6.45, 7) is 4.17. The maximum Gasteiger partial charge on any atom is 0.259 e. The van der Waals surface area contributed by atoms with Gasteiger partial charge in [-0.15, -0.1) is 0 Å². The lowest BCUT2D eigenvalue weighted by Crippen LogP contribution is -2.35. The van der Waals surface area contributed by atoms with E-state index in [1.54, 1.807) is 0 Å². The van der Waals surface area contributed by atoms with Crippen LogP contribution in [0, 0.1) is 6.92 Å². The Kier molecular flexibility index (Phi) is 3.66. The van der Waals surface area contributed by atoms with Crippen LogP contribution < -0.4 is 11.3 Å². The number of benzene rings is 1. The summed E-state index contributed by atoms with van der Waals surface area (Å²) in [5, 5.41) is 0. The SMILES string of the molecule is Cc1ccc(-n2c3c(cc(CN)c2=O)CN(C)CC3)cc1. The summed E-state index contributed by atoms with van der Waals surface area (Å²) in [6, 6.07) is 10.1. The molecule has 2 heterocycles. The summed E-state index contributed by atoms with van der Waals surface area (Å²) in [4.78, 5) is 15.0. The highest BCUT2D eigenvalue weighted by atomic mass is 16.1. The number of aryl methyl sites for hydroxylation is 1.